The molecule has 128 valence electrons. The predicted molar refractivity (Wildman–Crippen MR) is 94.9 cm³/mol. The summed E-state index contributed by atoms with van der Waals surface area (Å²) in [6.07, 6.45) is 5.51. The van der Waals surface area contributed by atoms with Crippen molar-refractivity contribution in [2.75, 3.05) is 31.1 Å². The lowest BCUT2D eigenvalue weighted by molar-refractivity contribution is -0.131. The standard InChI is InChI=1S/C19H21N5O/c20-13-17-14-22-18(15-21-17)23-9-11-24(12-10-23)19(25)8-4-7-16-5-2-1-3-6-16/h1-3,5-6,14-15H,4,7-12H2. The van der Waals surface area contributed by atoms with E-state index < -0.39 is 0 Å². The number of rotatable bonds is 5. The molecule has 0 bridgehead atoms. The first-order valence-electron chi connectivity index (χ1n) is 8.55. The molecule has 2 aromatic rings. The van der Waals surface area contributed by atoms with E-state index in [1.165, 1.54) is 11.8 Å². The number of carbonyl (C=O) groups excluding carboxylic acids is 1. The highest BCUT2D eigenvalue weighted by Crippen LogP contribution is 2.14. The van der Waals surface area contributed by atoms with Gasteiger partial charge in [-0.2, -0.15) is 5.26 Å². The van der Waals surface area contributed by atoms with Crippen molar-refractivity contribution < 1.29 is 4.79 Å². The third-order valence-corrected chi connectivity index (χ3v) is 4.41. The quantitative estimate of drug-likeness (QED) is 0.836. The zero-order valence-electron chi connectivity index (χ0n) is 14.1. The summed E-state index contributed by atoms with van der Waals surface area (Å²) in [7, 11) is 0. The Kier molecular flexibility index (Phi) is 5.57. The van der Waals surface area contributed by atoms with Crippen LogP contribution in [0.15, 0.2) is 42.7 Å². The molecular weight excluding hydrogens is 314 g/mol. The van der Waals surface area contributed by atoms with Gasteiger partial charge in [0.2, 0.25) is 5.91 Å². The SMILES string of the molecule is N#Cc1cnc(N2CCN(C(=O)CCCc3ccccc3)CC2)cn1. The van der Waals surface area contributed by atoms with Crippen molar-refractivity contribution >= 4 is 11.7 Å². The fraction of sp³-hybridized carbons (Fsp3) is 0.368. The van der Waals surface area contributed by atoms with Crippen LogP contribution in [0.5, 0.6) is 0 Å². The average molecular weight is 335 g/mol. The number of amides is 1. The molecule has 1 aliphatic heterocycles. The maximum atomic E-state index is 12.4. The molecule has 0 saturated carbocycles. The van der Waals surface area contributed by atoms with Gasteiger partial charge in [-0.1, -0.05) is 30.3 Å². The van der Waals surface area contributed by atoms with Gasteiger partial charge in [0.1, 0.15) is 11.9 Å². The van der Waals surface area contributed by atoms with Crippen molar-refractivity contribution in [1.29, 1.82) is 5.26 Å². The maximum Gasteiger partial charge on any atom is 0.222 e. The Labute approximate surface area is 147 Å². The van der Waals surface area contributed by atoms with Crippen LogP contribution in [0, 0.1) is 11.3 Å². The minimum atomic E-state index is 0.224. The molecule has 0 aliphatic carbocycles. The summed E-state index contributed by atoms with van der Waals surface area (Å²) in [5.41, 5.74) is 1.59. The molecule has 0 radical (unpaired) electrons. The number of piperazine rings is 1. The Morgan fingerprint density at radius 1 is 1.08 bits per heavy atom. The Bertz CT molecular complexity index is 731. The zero-order valence-corrected chi connectivity index (χ0v) is 14.1. The van der Waals surface area contributed by atoms with Crippen LogP contribution in [0.25, 0.3) is 0 Å². The zero-order chi connectivity index (χ0) is 17.5. The summed E-state index contributed by atoms with van der Waals surface area (Å²) in [6, 6.07) is 12.2. The second-order valence-corrected chi connectivity index (χ2v) is 6.08. The number of benzene rings is 1. The van der Waals surface area contributed by atoms with Crippen molar-refractivity contribution in [3.8, 4) is 6.07 Å². The number of nitriles is 1. The van der Waals surface area contributed by atoms with Crippen molar-refractivity contribution in [1.82, 2.24) is 14.9 Å². The van der Waals surface area contributed by atoms with E-state index in [2.05, 4.69) is 27.0 Å². The van der Waals surface area contributed by atoms with E-state index in [9.17, 15) is 4.79 Å². The molecule has 1 aromatic carbocycles. The number of hydrogen-bond acceptors (Lipinski definition) is 5. The third kappa shape index (κ3) is 4.54. The van der Waals surface area contributed by atoms with E-state index >= 15 is 0 Å². The highest BCUT2D eigenvalue weighted by Gasteiger charge is 2.21. The number of carbonyl (C=O) groups is 1. The first kappa shape index (κ1) is 16.9. The van der Waals surface area contributed by atoms with Gasteiger partial charge < -0.3 is 9.80 Å². The molecule has 6 heteroatoms. The number of aryl methyl sites for hydroxylation is 1. The molecule has 3 rings (SSSR count). The van der Waals surface area contributed by atoms with Gasteiger partial charge in [-0.05, 0) is 18.4 Å². The van der Waals surface area contributed by atoms with Crippen LogP contribution in [-0.2, 0) is 11.2 Å². The smallest absolute Gasteiger partial charge is 0.222 e. The number of hydrogen-bond donors (Lipinski definition) is 0. The van der Waals surface area contributed by atoms with Gasteiger partial charge >= 0.3 is 0 Å². The van der Waals surface area contributed by atoms with Crippen LogP contribution >= 0.6 is 0 Å². The molecule has 25 heavy (non-hydrogen) atoms. The first-order chi connectivity index (χ1) is 12.3. The molecule has 2 heterocycles. The summed E-state index contributed by atoms with van der Waals surface area (Å²) < 4.78 is 0. The van der Waals surface area contributed by atoms with Gasteiger partial charge in [-0.15, -0.1) is 0 Å². The molecule has 0 unspecified atom stereocenters. The summed E-state index contributed by atoms with van der Waals surface area (Å²) in [4.78, 5) is 24.7. The molecule has 1 aliphatic rings. The van der Waals surface area contributed by atoms with E-state index in [1.807, 2.05) is 29.2 Å². The highest BCUT2D eigenvalue weighted by atomic mass is 16.2. The Balaban J connectivity index is 1.43. The van der Waals surface area contributed by atoms with Crippen LogP contribution in [0.3, 0.4) is 0 Å². The van der Waals surface area contributed by atoms with Gasteiger partial charge in [0.15, 0.2) is 5.69 Å². The Morgan fingerprint density at radius 3 is 2.48 bits per heavy atom. The normalized spacial score (nSPS) is 14.2. The minimum absolute atomic E-state index is 0.224. The summed E-state index contributed by atoms with van der Waals surface area (Å²) in [5, 5.41) is 8.77. The second kappa shape index (κ2) is 8.25. The summed E-state index contributed by atoms with van der Waals surface area (Å²) >= 11 is 0. The summed E-state index contributed by atoms with van der Waals surface area (Å²) in [6.45, 7) is 2.88. The van der Waals surface area contributed by atoms with Crippen LogP contribution in [0.2, 0.25) is 0 Å². The van der Waals surface area contributed by atoms with E-state index in [-0.39, 0.29) is 5.91 Å². The monoisotopic (exact) mass is 335 g/mol. The molecule has 1 amide bonds. The van der Waals surface area contributed by atoms with E-state index in [1.54, 1.807) is 6.20 Å². The summed E-state index contributed by atoms with van der Waals surface area (Å²) in [5.74, 6) is 0.983. The van der Waals surface area contributed by atoms with Crippen LogP contribution in [-0.4, -0.2) is 47.0 Å². The number of aromatic nitrogens is 2. The van der Waals surface area contributed by atoms with E-state index in [4.69, 9.17) is 5.26 Å². The third-order valence-electron chi connectivity index (χ3n) is 4.41. The minimum Gasteiger partial charge on any atom is -0.352 e. The molecule has 0 spiro atoms. The van der Waals surface area contributed by atoms with Crippen molar-refractivity contribution in [3.05, 3.63) is 54.0 Å². The molecular formula is C19H21N5O. The predicted octanol–water partition coefficient (Wildman–Crippen LogP) is 2.02. The van der Waals surface area contributed by atoms with E-state index in [0.717, 1.165) is 31.7 Å². The van der Waals surface area contributed by atoms with E-state index in [0.29, 0.717) is 25.2 Å². The molecule has 1 saturated heterocycles. The van der Waals surface area contributed by atoms with Crippen molar-refractivity contribution in [2.24, 2.45) is 0 Å². The highest BCUT2D eigenvalue weighted by molar-refractivity contribution is 5.76. The lowest BCUT2D eigenvalue weighted by atomic mass is 10.1. The molecule has 0 N–H and O–H groups in total. The van der Waals surface area contributed by atoms with Crippen LogP contribution in [0.1, 0.15) is 24.1 Å². The fourth-order valence-electron chi connectivity index (χ4n) is 2.97. The Morgan fingerprint density at radius 2 is 1.84 bits per heavy atom. The largest absolute Gasteiger partial charge is 0.352 e. The molecule has 6 nitrogen and oxygen atoms in total. The Hall–Kier alpha value is -2.94. The topological polar surface area (TPSA) is 73.1 Å². The van der Waals surface area contributed by atoms with Gasteiger partial charge in [-0.25, -0.2) is 9.97 Å². The van der Waals surface area contributed by atoms with Gasteiger partial charge in [0.25, 0.3) is 0 Å². The molecule has 0 atom stereocenters. The van der Waals surface area contributed by atoms with Gasteiger partial charge in [-0.3, -0.25) is 4.79 Å². The van der Waals surface area contributed by atoms with Crippen molar-refractivity contribution in [3.63, 3.8) is 0 Å². The molecule has 1 aromatic heterocycles. The van der Waals surface area contributed by atoms with Crippen molar-refractivity contribution in [2.45, 2.75) is 19.3 Å². The fourth-order valence-corrected chi connectivity index (χ4v) is 2.97. The van der Waals surface area contributed by atoms with Crippen LogP contribution in [0.4, 0.5) is 5.82 Å². The molecule has 1 fully saturated rings. The van der Waals surface area contributed by atoms with Gasteiger partial charge in [0, 0.05) is 32.6 Å². The lowest BCUT2D eigenvalue weighted by Gasteiger charge is -2.35. The first-order valence-corrected chi connectivity index (χ1v) is 8.55. The average Bonchev–Trinajstić information content (AvgIpc) is 2.69. The number of anilines is 1. The maximum absolute atomic E-state index is 12.4. The number of nitrogens with zero attached hydrogens (tertiary/aromatic N) is 5. The van der Waals surface area contributed by atoms with Crippen LogP contribution < -0.4 is 4.90 Å². The lowest BCUT2D eigenvalue weighted by Crippen LogP contribution is -2.49. The second-order valence-electron chi connectivity index (χ2n) is 6.08. The van der Waals surface area contributed by atoms with Gasteiger partial charge in [0.05, 0.1) is 12.4 Å².